The van der Waals surface area contributed by atoms with Crippen LogP contribution in [0.5, 0.6) is 0 Å². The predicted molar refractivity (Wildman–Crippen MR) is 110 cm³/mol. The third-order valence-corrected chi connectivity index (χ3v) is 4.59. The Kier molecular flexibility index (Phi) is 9.54. The van der Waals surface area contributed by atoms with E-state index in [1.165, 1.54) is 0 Å². The average Bonchev–Trinajstić information content (AvgIpc) is 2.67. The van der Waals surface area contributed by atoms with Crippen molar-refractivity contribution in [2.75, 3.05) is 57.4 Å². The molecule has 2 rings (SSSR count). The first-order valence-corrected chi connectivity index (χ1v) is 10.1. The molecule has 0 saturated carbocycles. The van der Waals surface area contributed by atoms with E-state index in [0.29, 0.717) is 31.3 Å². The quantitative estimate of drug-likeness (QED) is 0.596. The van der Waals surface area contributed by atoms with Crippen molar-refractivity contribution in [3.8, 4) is 0 Å². The Hall–Kier alpha value is -1.83. The van der Waals surface area contributed by atoms with Gasteiger partial charge in [0.1, 0.15) is 13.2 Å². The van der Waals surface area contributed by atoms with Gasteiger partial charge in [0.15, 0.2) is 0 Å². The normalized spacial score (nSPS) is 14.4. The zero-order chi connectivity index (χ0) is 20.4. The smallest absolute Gasteiger partial charge is 0.248 e. The molecule has 0 radical (unpaired) electrons. The number of ether oxygens (including phenoxy) is 2. The van der Waals surface area contributed by atoms with Gasteiger partial charge in [-0.15, -0.1) is 0 Å². The number of carbonyl (C=O) groups is 2. The largest absolute Gasteiger partial charge is 0.379 e. The Balaban J connectivity index is 1.58. The second-order valence-electron chi connectivity index (χ2n) is 6.96. The highest BCUT2D eigenvalue weighted by atomic mass is 35.5. The molecule has 1 aliphatic heterocycles. The van der Waals surface area contributed by atoms with Gasteiger partial charge in [0.25, 0.3) is 0 Å². The molecule has 1 aromatic rings. The molecular weight excluding hydrogens is 382 g/mol. The van der Waals surface area contributed by atoms with Crippen molar-refractivity contribution < 1.29 is 19.1 Å². The highest BCUT2D eigenvalue weighted by Crippen LogP contribution is 2.20. The number of nitrogens with zero attached hydrogens (tertiary/aromatic N) is 2. The first kappa shape index (κ1) is 22.5. The summed E-state index contributed by atoms with van der Waals surface area (Å²) in [5, 5.41) is 3.46. The second kappa shape index (κ2) is 11.9. The third kappa shape index (κ3) is 8.04. The van der Waals surface area contributed by atoms with E-state index < -0.39 is 0 Å². The van der Waals surface area contributed by atoms with Gasteiger partial charge in [-0.3, -0.25) is 9.59 Å². The summed E-state index contributed by atoms with van der Waals surface area (Å²) in [6, 6.07) is 7.71. The fourth-order valence-corrected chi connectivity index (χ4v) is 3.06. The lowest BCUT2D eigenvalue weighted by atomic mass is 10.2. The fourth-order valence-electron chi connectivity index (χ4n) is 2.88. The van der Waals surface area contributed by atoms with Crippen molar-refractivity contribution in [1.82, 2.24) is 10.2 Å². The van der Waals surface area contributed by atoms with Crippen molar-refractivity contribution >= 4 is 29.1 Å². The summed E-state index contributed by atoms with van der Waals surface area (Å²) in [4.78, 5) is 27.9. The molecule has 7 nitrogen and oxygen atoms in total. The summed E-state index contributed by atoms with van der Waals surface area (Å²) in [5.41, 5.74) is 1.06. The van der Waals surface area contributed by atoms with E-state index >= 15 is 0 Å². The topological polar surface area (TPSA) is 71.1 Å². The van der Waals surface area contributed by atoms with Crippen LogP contribution >= 0.6 is 11.6 Å². The lowest BCUT2D eigenvalue weighted by Gasteiger charge is -2.36. The zero-order valence-electron chi connectivity index (χ0n) is 16.7. The van der Waals surface area contributed by atoms with Crippen molar-refractivity contribution in [1.29, 1.82) is 0 Å². The van der Waals surface area contributed by atoms with Crippen LogP contribution < -0.4 is 10.2 Å². The summed E-state index contributed by atoms with van der Waals surface area (Å²) in [6.45, 7) is 7.62. The van der Waals surface area contributed by atoms with Crippen molar-refractivity contribution in [3.05, 3.63) is 29.3 Å². The highest BCUT2D eigenvalue weighted by molar-refractivity contribution is 6.30. The van der Waals surface area contributed by atoms with Crippen molar-refractivity contribution in [2.45, 2.75) is 26.4 Å². The van der Waals surface area contributed by atoms with Crippen LogP contribution in [0.3, 0.4) is 0 Å². The zero-order valence-corrected chi connectivity index (χ0v) is 17.4. The molecule has 1 aromatic carbocycles. The molecule has 156 valence electrons. The lowest BCUT2D eigenvalue weighted by molar-refractivity contribution is -0.138. The number of piperazine rings is 1. The van der Waals surface area contributed by atoms with Gasteiger partial charge < -0.3 is 24.6 Å². The number of hydrogen-bond donors (Lipinski definition) is 1. The molecule has 0 atom stereocenters. The summed E-state index contributed by atoms with van der Waals surface area (Å²) in [5.74, 6) is -0.313. The molecular formula is C20H30ClN3O4. The van der Waals surface area contributed by atoms with E-state index in [0.717, 1.165) is 25.2 Å². The van der Waals surface area contributed by atoms with Crippen LogP contribution in [-0.4, -0.2) is 75.4 Å². The molecule has 0 unspecified atom stereocenters. The van der Waals surface area contributed by atoms with Crippen LogP contribution in [0.2, 0.25) is 5.02 Å². The summed E-state index contributed by atoms with van der Waals surface area (Å²) >= 11 is 6.04. The monoisotopic (exact) mass is 411 g/mol. The lowest BCUT2D eigenvalue weighted by Crippen LogP contribution is -2.50. The van der Waals surface area contributed by atoms with Crippen molar-refractivity contribution in [3.63, 3.8) is 0 Å². The minimum Gasteiger partial charge on any atom is -0.379 e. The minimum atomic E-state index is -0.219. The van der Waals surface area contributed by atoms with Gasteiger partial charge >= 0.3 is 0 Å². The van der Waals surface area contributed by atoms with Gasteiger partial charge in [0, 0.05) is 50.0 Å². The molecule has 28 heavy (non-hydrogen) atoms. The number of rotatable bonds is 10. The van der Waals surface area contributed by atoms with E-state index in [4.69, 9.17) is 21.1 Å². The van der Waals surface area contributed by atoms with Gasteiger partial charge in [0.2, 0.25) is 11.8 Å². The Morgan fingerprint density at radius 2 is 1.93 bits per heavy atom. The van der Waals surface area contributed by atoms with Crippen molar-refractivity contribution in [2.24, 2.45) is 0 Å². The molecule has 0 spiro atoms. The highest BCUT2D eigenvalue weighted by Gasteiger charge is 2.21. The van der Waals surface area contributed by atoms with Gasteiger partial charge in [-0.05, 0) is 38.5 Å². The van der Waals surface area contributed by atoms with Gasteiger partial charge in [-0.2, -0.15) is 0 Å². The number of hydrogen-bond acceptors (Lipinski definition) is 5. The Morgan fingerprint density at radius 1 is 1.18 bits per heavy atom. The molecule has 1 N–H and O–H groups in total. The van der Waals surface area contributed by atoms with E-state index in [-0.39, 0.29) is 31.1 Å². The first-order valence-electron chi connectivity index (χ1n) is 9.70. The maximum atomic E-state index is 12.3. The Bertz CT molecular complexity index is 634. The number of amides is 2. The van der Waals surface area contributed by atoms with Crippen LogP contribution in [0.15, 0.2) is 24.3 Å². The van der Waals surface area contributed by atoms with Gasteiger partial charge in [-0.25, -0.2) is 0 Å². The Morgan fingerprint density at radius 3 is 2.61 bits per heavy atom. The summed E-state index contributed by atoms with van der Waals surface area (Å²) in [6.07, 6.45) is 0.942. The molecule has 1 fully saturated rings. The maximum Gasteiger partial charge on any atom is 0.248 e. The predicted octanol–water partition coefficient (Wildman–Crippen LogP) is 1.94. The van der Waals surface area contributed by atoms with Crippen LogP contribution in [0.25, 0.3) is 0 Å². The number of carbonyl (C=O) groups excluding carboxylic acids is 2. The van der Waals surface area contributed by atoms with Gasteiger partial charge in [0.05, 0.1) is 6.10 Å². The number of anilines is 1. The maximum absolute atomic E-state index is 12.3. The molecule has 1 aliphatic rings. The standard InChI is InChI=1S/C20H30ClN3O4/c1-16(2)28-12-4-7-22-19(25)14-27-15-20(26)24-10-8-23(9-11-24)18-6-3-5-17(21)13-18/h3,5-6,13,16H,4,7-12,14-15H2,1-2H3,(H,22,25). The van der Waals surface area contributed by atoms with Crippen LogP contribution in [0, 0.1) is 0 Å². The van der Waals surface area contributed by atoms with E-state index in [2.05, 4.69) is 10.2 Å². The molecule has 1 heterocycles. The van der Waals surface area contributed by atoms with E-state index in [1.807, 2.05) is 38.1 Å². The number of nitrogens with one attached hydrogen (secondary N) is 1. The minimum absolute atomic E-state index is 0.0823. The SMILES string of the molecule is CC(C)OCCCNC(=O)COCC(=O)N1CCN(c2cccc(Cl)c2)CC1. The van der Waals surface area contributed by atoms with E-state index in [1.54, 1.807) is 4.90 Å². The van der Waals surface area contributed by atoms with Crippen LogP contribution in [0.1, 0.15) is 20.3 Å². The number of halogens is 1. The molecule has 2 amide bonds. The third-order valence-electron chi connectivity index (χ3n) is 4.36. The molecule has 8 heteroatoms. The average molecular weight is 412 g/mol. The summed E-state index contributed by atoms with van der Waals surface area (Å²) in [7, 11) is 0. The van der Waals surface area contributed by atoms with Crippen LogP contribution in [0.4, 0.5) is 5.69 Å². The molecule has 0 aliphatic carbocycles. The van der Waals surface area contributed by atoms with Gasteiger partial charge in [-0.1, -0.05) is 17.7 Å². The van der Waals surface area contributed by atoms with E-state index in [9.17, 15) is 9.59 Å². The molecule has 1 saturated heterocycles. The Labute approximate surface area is 171 Å². The fraction of sp³-hybridized carbons (Fsp3) is 0.600. The molecule has 0 aromatic heterocycles. The second-order valence-corrected chi connectivity index (χ2v) is 7.40. The first-order chi connectivity index (χ1) is 13.5. The number of benzene rings is 1. The van der Waals surface area contributed by atoms with Crippen LogP contribution in [-0.2, 0) is 19.1 Å². The summed E-state index contributed by atoms with van der Waals surface area (Å²) < 4.78 is 10.7. The molecule has 0 bridgehead atoms.